The number of ether oxygens (including phenoxy) is 3. The van der Waals surface area contributed by atoms with E-state index in [1.165, 1.54) is 0 Å². The maximum Gasteiger partial charge on any atom is 0.323 e. The Morgan fingerprint density at radius 1 is 1.20 bits per heavy atom. The van der Waals surface area contributed by atoms with Gasteiger partial charge in [0, 0.05) is 6.42 Å². The van der Waals surface area contributed by atoms with E-state index in [9.17, 15) is 4.79 Å². The minimum atomic E-state index is -0.321. The molecule has 1 unspecified atom stereocenters. The third kappa shape index (κ3) is 5.48. The van der Waals surface area contributed by atoms with Gasteiger partial charge >= 0.3 is 5.97 Å². The molecule has 20 heavy (non-hydrogen) atoms. The second-order valence-electron chi connectivity index (χ2n) is 4.17. The third-order valence-electron chi connectivity index (χ3n) is 2.76. The summed E-state index contributed by atoms with van der Waals surface area (Å²) in [7, 11) is 1.62. The van der Waals surface area contributed by atoms with Gasteiger partial charge in [-0.15, -0.1) is 0 Å². The van der Waals surface area contributed by atoms with Gasteiger partial charge in [0.1, 0.15) is 17.5 Å². The van der Waals surface area contributed by atoms with Crippen molar-refractivity contribution in [3.8, 4) is 11.5 Å². The van der Waals surface area contributed by atoms with Crippen LogP contribution < -0.4 is 14.8 Å². The molecule has 0 spiro atoms. The summed E-state index contributed by atoms with van der Waals surface area (Å²) in [5.74, 6) is 1.31. The largest absolute Gasteiger partial charge is 0.497 e. The molecule has 0 saturated carbocycles. The highest BCUT2D eigenvalue weighted by Gasteiger charge is 2.18. The first-order chi connectivity index (χ1) is 9.71. The molecule has 1 N–H and O–H groups in total. The van der Waals surface area contributed by atoms with Gasteiger partial charge in [0.25, 0.3) is 0 Å². The molecule has 1 rings (SSSR count). The number of carbonyl (C=O) groups excluding carboxylic acids is 1. The van der Waals surface area contributed by atoms with Crippen molar-refractivity contribution in [1.82, 2.24) is 5.32 Å². The predicted molar refractivity (Wildman–Crippen MR) is 77.2 cm³/mol. The van der Waals surface area contributed by atoms with Crippen molar-refractivity contribution >= 4 is 5.97 Å². The van der Waals surface area contributed by atoms with Crippen LogP contribution in [-0.4, -0.2) is 38.9 Å². The van der Waals surface area contributed by atoms with E-state index in [0.29, 0.717) is 26.2 Å². The molecule has 1 aromatic carbocycles. The average molecular weight is 281 g/mol. The second-order valence-corrected chi connectivity index (χ2v) is 4.17. The average Bonchev–Trinajstić information content (AvgIpc) is 2.47. The number of rotatable bonds is 9. The van der Waals surface area contributed by atoms with Gasteiger partial charge in [0.05, 0.1) is 20.3 Å². The highest BCUT2D eigenvalue weighted by molar-refractivity contribution is 5.75. The molecule has 112 valence electrons. The Morgan fingerprint density at radius 2 is 1.85 bits per heavy atom. The number of likely N-dealkylation sites (N-methyl/N-ethyl adjacent to an activating group) is 1. The summed E-state index contributed by atoms with van der Waals surface area (Å²) >= 11 is 0. The first-order valence-electron chi connectivity index (χ1n) is 6.88. The normalized spacial score (nSPS) is 11.8. The van der Waals surface area contributed by atoms with Gasteiger partial charge in [0.15, 0.2) is 0 Å². The van der Waals surface area contributed by atoms with Crippen LogP contribution in [0, 0.1) is 0 Å². The fraction of sp³-hybridized carbons (Fsp3) is 0.533. The monoisotopic (exact) mass is 281 g/mol. The molecule has 5 nitrogen and oxygen atoms in total. The lowest BCUT2D eigenvalue weighted by molar-refractivity contribution is -0.146. The maximum absolute atomic E-state index is 11.7. The Labute approximate surface area is 120 Å². The number of carbonyl (C=O) groups is 1. The van der Waals surface area contributed by atoms with Crippen LogP contribution in [0.1, 0.15) is 20.3 Å². The summed E-state index contributed by atoms with van der Waals surface area (Å²) in [4.78, 5) is 11.7. The van der Waals surface area contributed by atoms with Crippen LogP contribution in [-0.2, 0) is 9.53 Å². The predicted octanol–water partition coefficient (Wildman–Crippen LogP) is 2.01. The number of methoxy groups -OCH3 is 1. The van der Waals surface area contributed by atoms with Gasteiger partial charge in [0.2, 0.25) is 0 Å². The lowest BCUT2D eigenvalue weighted by Crippen LogP contribution is -2.39. The van der Waals surface area contributed by atoms with E-state index in [4.69, 9.17) is 14.2 Å². The molecule has 0 saturated heterocycles. The van der Waals surface area contributed by atoms with Crippen LogP contribution in [0.3, 0.4) is 0 Å². The molecule has 5 heteroatoms. The van der Waals surface area contributed by atoms with Crippen LogP contribution >= 0.6 is 0 Å². The molecule has 0 aliphatic rings. The van der Waals surface area contributed by atoms with E-state index in [1.54, 1.807) is 14.0 Å². The third-order valence-corrected chi connectivity index (χ3v) is 2.76. The van der Waals surface area contributed by atoms with Crippen LogP contribution in [0.5, 0.6) is 11.5 Å². The van der Waals surface area contributed by atoms with E-state index in [2.05, 4.69) is 5.32 Å². The van der Waals surface area contributed by atoms with Crippen LogP contribution in [0.15, 0.2) is 24.3 Å². The van der Waals surface area contributed by atoms with Crippen LogP contribution in [0.25, 0.3) is 0 Å². The van der Waals surface area contributed by atoms with Crippen molar-refractivity contribution in [2.24, 2.45) is 0 Å². The zero-order chi connectivity index (χ0) is 14.8. The first-order valence-corrected chi connectivity index (χ1v) is 6.88. The first kappa shape index (κ1) is 16.3. The molecule has 0 aliphatic carbocycles. The van der Waals surface area contributed by atoms with Crippen LogP contribution in [0.4, 0.5) is 0 Å². The molecule has 0 bridgehead atoms. The fourth-order valence-corrected chi connectivity index (χ4v) is 1.76. The van der Waals surface area contributed by atoms with Gasteiger partial charge < -0.3 is 19.5 Å². The Bertz CT molecular complexity index is 391. The molecule has 0 heterocycles. The number of nitrogens with one attached hydrogen (secondary N) is 1. The summed E-state index contributed by atoms with van der Waals surface area (Å²) < 4.78 is 15.7. The number of benzene rings is 1. The molecular weight excluding hydrogens is 258 g/mol. The lowest BCUT2D eigenvalue weighted by Gasteiger charge is -2.16. The molecular formula is C15H23NO4. The van der Waals surface area contributed by atoms with E-state index in [0.717, 1.165) is 11.5 Å². The molecule has 1 aromatic rings. The second kappa shape index (κ2) is 9.20. The van der Waals surface area contributed by atoms with Crippen molar-refractivity contribution < 1.29 is 19.0 Å². The van der Waals surface area contributed by atoms with Crippen molar-refractivity contribution in [1.29, 1.82) is 0 Å². The quantitative estimate of drug-likeness (QED) is 0.702. The highest BCUT2D eigenvalue weighted by atomic mass is 16.5. The Balaban J connectivity index is 2.40. The number of hydrogen-bond donors (Lipinski definition) is 1. The lowest BCUT2D eigenvalue weighted by atomic mass is 10.2. The summed E-state index contributed by atoms with van der Waals surface area (Å²) in [6.45, 7) is 5.31. The fourth-order valence-electron chi connectivity index (χ4n) is 1.76. The Morgan fingerprint density at radius 3 is 2.40 bits per heavy atom. The van der Waals surface area contributed by atoms with E-state index >= 15 is 0 Å². The van der Waals surface area contributed by atoms with E-state index < -0.39 is 0 Å². The Hall–Kier alpha value is -1.75. The van der Waals surface area contributed by atoms with Crippen molar-refractivity contribution in [2.75, 3.05) is 26.9 Å². The summed E-state index contributed by atoms with van der Waals surface area (Å²) in [5.41, 5.74) is 0. The van der Waals surface area contributed by atoms with Crippen molar-refractivity contribution in [2.45, 2.75) is 26.3 Å². The number of hydrogen-bond acceptors (Lipinski definition) is 5. The zero-order valence-electron chi connectivity index (χ0n) is 12.3. The number of esters is 1. The summed E-state index contributed by atoms with van der Waals surface area (Å²) in [5, 5.41) is 3.10. The minimum absolute atomic E-state index is 0.229. The van der Waals surface area contributed by atoms with Crippen LogP contribution in [0.2, 0.25) is 0 Å². The topological polar surface area (TPSA) is 56.8 Å². The zero-order valence-corrected chi connectivity index (χ0v) is 12.3. The van der Waals surface area contributed by atoms with Crippen molar-refractivity contribution in [3.63, 3.8) is 0 Å². The SMILES string of the molecule is CCNC(CCOc1ccc(OC)cc1)C(=O)OCC. The highest BCUT2D eigenvalue weighted by Crippen LogP contribution is 2.17. The molecule has 0 aromatic heterocycles. The standard InChI is InChI=1S/C15H23NO4/c1-4-16-14(15(17)19-5-2)10-11-20-13-8-6-12(18-3)7-9-13/h6-9,14,16H,4-5,10-11H2,1-3H3. The molecule has 0 fully saturated rings. The van der Waals surface area contributed by atoms with Gasteiger partial charge in [-0.05, 0) is 37.7 Å². The molecule has 0 radical (unpaired) electrons. The molecule has 1 atom stereocenters. The maximum atomic E-state index is 11.7. The van der Waals surface area contributed by atoms with Crippen molar-refractivity contribution in [3.05, 3.63) is 24.3 Å². The van der Waals surface area contributed by atoms with E-state index in [-0.39, 0.29) is 12.0 Å². The summed E-state index contributed by atoms with van der Waals surface area (Å²) in [6, 6.07) is 7.03. The van der Waals surface area contributed by atoms with Gasteiger partial charge in [-0.2, -0.15) is 0 Å². The van der Waals surface area contributed by atoms with E-state index in [1.807, 2.05) is 31.2 Å². The minimum Gasteiger partial charge on any atom is -0.497 e. The smallest absolute Gasteiger partial charge is 0.323 e. The molecule has 0 aliphatic heterocycles. The van der Waals surface area contributed by atoms with Gasteiger partial charge in [-0.25, -0.2) is 0 Å². The van der Waals surface area contributed by atoms with Gasteiger partial charge in [-0.1, -0.05) is 6.92 Å². The Kier molecular flexibility index (Phi) is 7.50. The summed E-state index contributed by atoms with van der Waals surface area (Å²) in [6.07, 6.45) is 0.568. The van der Waals surface area contributed by atoms with Gasteiger partial charge in [-0.3, -0.25) is 4.79 Å². The molecule has 0 amide bonds.